The van der Waals surface area contributed by atoms with Gasteiger partial charge in [-0.2, -0.15) is 0 Å². The van der Waals surface area contributed by atoms with Crippen LogP contribution in [-0.4, -0.2) is 18.6 Å². The van der Waals surface area contributed by atoms with Crippen LogP contribution in [0.25, 0.3) is 0 Å². The highest BCUT2D eigenvalue weighted by Crippen LogP contribution is 2.22. The SMILES string of the molecule is Cc1oncc1CS(=O)(=O)c1ncccc1Cl. The van der Waals surface area contributed by atoms with Crippen LogP contribution in [0.2, 0.25) is 5.02 Å². The van der Waals surface area contributed by atoms with Crippen LogP contribution in [0.15, 0.2) is 34.1 Å². The van der Waals surface area contributed by atoms with Crippen molar-refractivity contribution in [1.29, 1.82) is 0 Å². The van der Waals surface area contributed by atoms with Crippen LogP contribution in [0.1, 0.15) is 11.3 Å². The average molecular weight is 273 g/mol. The Morgan fingerprint density at radius 2 is 2.24 bits per heavy atom. The Kier molecular flexibility index (Phi) is 3.17. The zero-order chi connectivity index (χ0) is 12.5. The summed E-state index contributed by atoms with van der Waals surface area (Å²) in [4.78, 5) is 3.79. The van der Waals surface area contributed by atoms with E-state index in [0.717, 1.165) is 0 Å². The quantitative estimate of drug-likeness (QED) is 0.854. The van der Waals surface area contributed by atoms with Crippen LogP contribution in [0.4, 0.5) is 0 Å². The normalized spacial score (nSPS) is 11.6. The molecule has 0 aliphatic rings. The van der Waals surface area contributed by atoms with Crippen LogP contribution in [0.5, 0.6) is 0 Å². The van der Waals surface area contributed by atoms with Crippen molar-refractivity contribution in [2.24, 2.45) is 0 Å². The summed E-state index contributed by atoms with van der Waals surface area (Å²) in [6.07, 6.45) is 2.77. The van der Waals surface area contributed by atoms with Crippen molar-refractivity contribution in [3.05, 3.63) is 40.9 Å². The van der Waals surface area contributed by atoms with E-state index in [-0.39, 0.29) is 15.8 Å². The predicted molar refractivity (Wildman–Crippen MR) is 61.4 cm³/mol. The number of rotatable bonds is 3. The molecule has 0 atom stereocenters. The topological polar surface area (TPSA) is 73.1 Å². The van der Waals surface area contributed by atoms with Crippen molar-refractivity contribution in [2.45, 2.75) is 17.7 Å². The molecule has 90 valence electrons. The molecule has 2 heterocycles. The molecule has 0 fully saturated rings. The number of aromatic nitrogens is 2. The highest BCUT2D eigenvalue weighted by Gasteiger charge is 2.22. The zero-order valence-corrected chi connectivity index (χ0v) is 10.5. The van der Waals surface area contributed by atoms with Crippen molar-refractivity contribution >= 4 is 21.4 Å². The third-order valence-electron chi connectivity index (χ3n) is 2.22. The number of halogens is 1. The van der Waals surface area contributed by atoms with Gasteiger partial charge in [-0.15, -0.1) is 0 Å². The van der Waals surface area contributed by atoms with Gasteiger partial charge in [0.1, 0.15) is 5.76 Å². The lowest BCUT2D eigenvalue weighted by molar-refractivity contribution is 0.396. The van der Waals surface area contributed by atoms with E-state index in [1.165, 1.54) is 18.5 Å². The van der Waals surface area contributed by atoms with E-state index in [1.807, 2.05) is 0 Å². The number of pyridine rings is 1. The highest BCUT2D eigenvalue weighted by atomic mass is 35.5. The van der Waals surface area contributed by atoms with Gasteiger partial charge in [0.25, 0.3) is 0 Å². The standard InChI is InChI=1S/C10H9ClN2O3S/c1-7-8(5-13-16-7)6-17(14,15)10-9(11)3-2-4-12-10/h2-5H,6H2,1H3. The minimum Gasteiger partial charge on any atom is -0.361 e. The van der Waals surface area contributed by atoms with Crippen LogP contribution in [-0.2, 0) is 15.6 Å². The molecule has 0 amide bonds. The first-order chi connectivity index (χ1) is 8.00. The molecule has 0 spiro atoms. The van der Waals surface area contributed by atoms with Crippen LogP contribution < -0.4 is 0 Å². The Labute approximate surface area is 103 Å². The summed E-state index contributed by atoms with van der Waals surface area (Å²) < 4.78 is 28.9. The van der Waals surface area contributed by atoms with Crippen molar-refractivity contribution in [2.75, 3.05) is 0 Å². The van der Waals surface area contributed by atoms with E-state index in [1.54, 1.807) is 13.0 Å². The van der Waals surface area contributed by atoms with Gasteiger partial charge in [0.05, 0.1) is 17.0 Å². The Morgan fingerprint density at radius 3 is 2.82 bits per heavy atom. The molecule has 0 bridgehead atoms. The van der Waals surface area contributed by atoms with E-state index < -0.39 is 9.84 Å². The molecular formula is C10H9ClN2O3S. The molecule has 0 unspecified atom stereocenters. The molecule has 17 heavy (non-hydrogen) atoms. The summed E-state index contributed by atoms with van der Waals surface area (Å²) in [6, 6.07) is 3.06. The second-order valence-corrected chi connectivity index (χ2v) is 5.77. The van der Waals surface area contributed by atoms with Crippen molar-refractivity contribution in [3.63, 3.8) is 0 Å². The Morgan fingerprint density at radius 1 is 1.47 bits per heavy atom. The molecule has 0 radical (unpaired) electrons. The van der Waals surface area contributed by atoms with Gasteiger partial charge >= 0.3 is 0 Å². The number of hydrogen-bond acceptors (Lipinski definition) is 5. The van der Waals surface area contributed by atoms with E-state index in [2.05, 4.69) is 10.1 Å². The van der Waals surface area contributed by atoms with Gasteiger partial charge in [0.15, 0.2) is 5.03 Å². The third kappa shape index (κ3) is 2.48. The third-order valence-corrected chi connectivity index (χ3v) is 4.24. The van der Waals surface area contributed by atoms with Crippen LogP contribution >= 0.6 is 11.6 Å². The molecule has 2 rings (SSSR count). The summed E-state index contributed by atoms with van der Waals surface area (Å²) in [7, 11) is -3.58. The van der Waals surface area contributed by atoms with Gasteiger partial charge in [-0.3, -0.25) is 0 Å². The summed E-state index contributed by atoms with van der Waals surface area (Å²) in [5.41, 5.74) is 0.506. The van der Waals surface area contributed by atoms with Crippen molar-refractivity contribution < 1.29 is 12.9 Å². The van der Waals surface area contributed by atoms with Crippen LogP contribution in [0.3, 0.4) is 0 Å². The summed E-state index contributed by atoms with van der Waals surface area (Å²) in [5.74, 6) is 0.250. The zero-order valence-electron chi connectivity index (χ0n) is 8.92. The first-order valence-electron chi connectivity index (χ1n) is 4.74. The minimum atomic E-state index is -3.58. The first kappa shape index (κ1) is 12.1. The van der Waals surface area contributed by atoms with Gasteiger partial charge in [0.2, 0.25) is 9.84 Å². The number of aryl methyl sites for hydroxylation is 1. The summed E-state index contributed by atoms with van der Waals surface area (Å²) in [6.45, 7) is 1.65. The van der Waals surface area contributed by atoms with Gasteiger partial charge in [0, 0.05) is 11.8 Å². The maximum Gasteiger partial charge on any atom is 0.201 e. The molecule has 0 saturated heterocycles. The molecule has 2 aromatic heterocycles. The average Bonchev–Trinajstić information content (AvgIpc) is 2.64. The molecule has 0 aromatic carbocycles. The maximum atomic E-state index is 12.1. The monoisotopic (exact) mass is 272 g/mol. The second kappa shape index (κ2) is 4.46. The fraction of sp³-hybridized carbons (Fsp3) is 0.200. The summed E-state index contributed by atoms with van der Waals surface area (Å²) in [5, 5.41) is 3.52. The fourth-order valence-electron chi connectivity index (χ4n) is 1.33. The first-order valence-corrected chi connectivity index (χ1v) is 6.77. The van der Waals surface area contributed by atoms with Gasteiger partial charge in [-0.25, -0.2) is 13.4 Å². The lowest BCUT2D eigenvalue weighted by atomic mass is 10.3. The number of hydrogen-bond donors (Lipinski definition) is 0. The number of nitrogens with zero attached hydrogens (tertiary/aromatic N) is 2. The molecule has 7 heteroatoms. The largest absolute Gasteiger partial charge is 0.361 e. The van der Waals surface area contributed by atoms with Gasteiger partial charge in [-0.05, 0) is 19.1 Å². The van der Waals surface area contributed by atoms with E-state index in [0.29, 0.717) is 11.3 Å². The lowest BCUT2D eigenvalue weighted by Crippen LogP contribution is -2.07. The second-order valence-electron chi connectivity index (χ2n) is 3.46. The molecule has 0 aliphatic heterocycles. The Balaban J connectivity index is 2.39. The number of sulfone groups is 1. The molecule has 0 saturated carbocycles. The Bertz CT molecular complexity index is 637. The Hall–Kier alpha value is -1.40. The molecule has 5 nitrogen and oxygen atoms in total. The lowest BCUT2D eigenvalue weighted by Gasteiger charge is -2.03. The van der Waals surface area contributed by atoms with Crippen LogP contribution in [0, 0.1) is 6.92 Å². The predicted octanol–water partition coefficient (Wildman–Crippen LogP) is 2.01. The minimum absolute atomic E-state index is 0.113. The molecular weight excluding hydrogens is 264 g/mol. The highest BCUT2D eigenvalue weighted by molar-refractivity contribution is 7.90. The van der Waals surface area contributed by atoms with Gasteiger partial charge in [-0.1, -0.05) is 16.8 Å². The van der Waals surface area contributed by atoms with Crippen molar-refractivity contribution in [1.82, 2.24) is 10.1 Å². The maximum absolute atomic E-state index is 12.1. The van der Waals surface area contributed by atoms with E-state index >= 15 is 0 Å². The summed E-state index contributed by atoms with van der Waals surface area (Å²) >= 11 is 5.81. The fourth-order valence-corrected chi connectivity index (χ4v) is 3.22. The smallest absolute Gasteiger partial charge is 0.201 e. The van der Waals surface area contributed by atoms with Gasteiger partial charge < -0.3 is 4.52 Å². The van der Waals surface area contributed by atoms with Crippen molar-refractivity contribution in [3.8, 4) is 0 Å². The molecule has 0 aliphatic carbocycles. The van der Waals surface area contributed by atoms with E-state index in [4.69, 9.17) is 16.1 Å². The molecule has 0 N–H and O–H groups in total. The molecule has 2 aromatic rings. The van der Waals surface area contributed by atoms with E-state index in [9.17, 15) is 8.42 Å².